The lowest BCUT2D eigenvalue weighted by Crippen LogP contribution is -2.50. The molecule has 1 aliphatic heterocycles. The van der Waals surface area contributed by atoms with E-state index in [2.05, 4.69) is 39.9 Å². The number of H-pyrrole nitrogens is 1. The van der Waals surface area contributed by atoms with Gasteiger partial charge in [-0.25, -0.2) is 0 Å². The highest BCUT2D eigenvalue weighted by Gasteiger charge is 2.21. The van der Waals surface area contributed by atoms with E-state index in [-0.39, 0.29) is 18.1 Å². The molecule has 1 aliphatic rings. The summed E-state index contributed by atoms with van der Waals surface area (Å²) in [5.74, 6) is 0.651. The lowest BCUT2D eigenvalue weighted by atomic mass is 10.00. The summed E-state index contributed by atoms with van der Waals surface area (Å²) in [5.41, 5.74) is 4.87. The zero-order valence-corrected chi connectivity index (χ0v) is 17.2. The molecule has 5 nitrogen and oxygen atoms in total. The molecule has 0 unspecified atom stereocenters. The van der Waals surface area contributed by atoms with Crippen molar-refractivity contribution in [1.82, 2.24) is 15.6 Å². The Morgan fingerprint density at radius 3 is 2.67 bits per heavy atom. The van der Waals surface area contributed by atoms with Crippen LogP contribution in [-0.4, -0.2) is 30.1 Å². The minimum atomic E-state index is -0.139. The Hall–Kier alpha value is -3.31. The maximum Gasteiger partial charge on any atom is 0.252 e. The van der Waals surface area contributed by atoms with Gasteiger partial charge >= 0.3 is 0 Å². The molecule has 152 valence electrons. The van der Waals surface area contributed by atoms with Gasteiger partial charge in [-0.05, 0) is 49.2 Å². The molecule has 0 aliphatic carbocycles. The fraction of sp³-hybridized carbons (Fsp3) is 0.240. The van der Waals surface area contributed by atoms with Gasteiger partial charge in [-0.15, -0.1) is 0 Å². The number of rotatable bonds is 5. The predicted octanol–water partition coefficient (Wildman–Crippen LogP) is 4.47. The van der Waals surface area contributed by atoms with Crippen LogP contribution in [0.1, 0.15) is 34.5 Å². The summed E-state index contributed by atoms with van der Waals surface area (Å²) in [4.78, 5) is 16.6. The van der Waals surface area contributed by atoms with Crippen LogP contribution in [0.5, 0.6) is 5.75 Å². The summed E-state index contributed by atoms with van der Waals surface area (Å²) in [6.07, 6.45) is 0.182. The molecule has 0 saturated carbocycles. The Balaban J connectivity index is 1.43. The van der Waals surface area contributed by atoms with Crippen LogP contribution in [-0.2, 0) is 0 Å². The van der Waals surface area contributed by atoms with Crippen molar-refractivity contribution in [2.24, 2.45) is 0 Å². The van der Waals surface area contributed by atoms with Crippen LogP contribution in [0.25, 0.3) is 21.8 Å². The number of ether oxygens (including phenoxy) is 1. The Labute approximate surface area is 175 Å². The van der Waals surface area contributed by atoms with E-state index in [0.717, 1.165) is 46.4 Å². The van der Waals surface area contributed by atoms with Gasteiger partial charge < -0.3 is 20.4 Å². The fourth-order valence-electron chi connectivity index (χ4n) is 4.10. The molecule has 0 spiro atoms. The minimum absolute atomic E-state index is 0.0889. The Morgan fingerprint density at radius 2 is 1.87 bits per heavy atom. The number of aryl methyl sites for hydroxylation is 1. The van der Waals surface area contributed by atoms with Crippen molar-refractivity contribution in [3.8, 4) is 5.75 Å². The van der Waals surface area contributed by atoms with Crippen molar-refractivity contribution in [2.75, 3.05) is 13.1 Å². The number of hydrogen-bond acceptors (Lipinski definition) is 3. The van der Waals surface area contributed by atoms with Crippen molar-refractivity contribution in [3.63, 3.8) is 0 Å². The second kappa shape index (κ2) is 7.50. The van der Waals surface area contributed by atoms with E-state index in [0.29, 0.717) is 5.56 Å². The van der Waals surface area contributed by atoms with Gasteiger partial charge in [-0.2, -0.15) is 0 Å². The molecule has 3 N–H and O–H groups in total. The van der Waals surface area contributed by atoms with E-state index in [1.54, 1.807) is 0 Å². The monoisotopic (exact) mass is 399 g/mol. The molecule has 5 heteroatoms. The number of fused-ring (bicyclic) bond motifs is 3. The topological polar surface area (TPSA) is 66.2 Å². The van der Waals surface area contributed by atoms with Crippen molar-refractivity contribution in [3.05, 3.63) is 77.4 Å². The number of carbonyl (C=O) groups excluding carboxylic acids is 1. The molecular weight excluding hydrogens is 374 g/mol. The summed E-state index contributed by atoms with van der Waals surface area (Å²) in [6, 6.07) is 20.0. The van der Waals surface area contributed by atoms with Gasteiger partial charge in [0.2, 0.25) is 0 Å². The van der Waals surface area contributed by atoms with Gasteiger partial charge in [-0.3, -0.25) is 4.79 Å². The van der Waals surface area contributed by atoms with E-state index < -0.39 is 0 Å². The lowest BCUT2D eigenvalue weighted by molar-refractivity contribution is 0.0937. The molecule has 1 aromatic heterocycles. The number of carbonyl (C=O) groups is 1. The van der Waals surface area contributed by atoms with E-state index in [9.17, 15) is 4.79 Å². The van der Waals surface area contributed by atoms with Gasteiger partial charge in [0.1, 0.15) is 11.9 Å². The molecule has 1 atom stereocenters. The molecule has 5 rings (SSSR count). The van der Waals surface area contributed by atoms with Crippen LogP contribution in [0, 0.1) is 6.92 Å². The van der Waals surface area contributed by atoms with E-state index >= 15 is 0 Å². The number of aromatic nitrogens is 1. The van der Waals surface area contributed by atoms with Gasteiger partial charge in [0.05, 0.1) is 6.04 Å². The normalized spacial score (nSPS) is 15.1. The molecule has 2 heterocycles. The lowest BCUT2D eigenvalue weighted by Gasteiger charge is -2.28. The van der Waals surface area contributed by atoms with E-state index in [1.165, 1.54) is 5.39 Å². The summed E-state index contributed by atoms with van der Waals surface area (Å²) < 4.78 is 5.93. The zero-order valence-electron chi connectivity index (χ0n) is 17.2. The molecule has 30 heavy (non-hydrogen) atoms. The van der Waals surface area contributed by atoms with Gasteiger partial charge in [-0.1, -0.05) is 36.4 Å². The predicted molar refractivity (Wildman–Crippen MR) is 120 cm³/mol. The molecule has 1 amide bonds. The van der Waals surface area contributed by atoms with Crippen molar-refractivity contribution in [1.29, 1.82) is 0 Å². The maximum atomic E-state index is 13.1. The minimum Gasteiger partial charge on any atom is -0.488 e. The van der Waals surface area contributed by atoms with Crippen molar-refractivity contribution < 1.29 is 9.53 Å². The SMILES string of the molecule is Cc1ccc(OC2CNC2)cc1C(=O)N[C@H](C)c1cccc2[nH]c3ccccc3c12. The first kappa shape index (κ1) is 18.7. The maximum absolute atomic E-state index is 13.1. The molecule has 4 aromatic rings. The van der Waals surface area contributed by atoms with Crippen LogP contribution >= 0.6 is 0 Å². The fourth-order valence-corrected chi connectivity index (χ4v) is 4.10. The van der Waals surface area contributed by atoms with Crippen molar-refractivity contribution in [2.45, 2.75) is 26.0 Å². The number of benzene rings is 3. The highest BCUT2D eigenvalue weighted by molar-refractivity contribution is 6.09. The third-order valence-corrected chi connectivity index (χ3v) is 5.88. The quantitative estimate of drug-likeness (QED) is 0.464. The van der Waals surface area contributed by atoms with Crippen LogP contribution in [0.2, 0.25) is 0 Å². The Kier molecular flexibility index (Phi) is 4.68. The van der Waals surface area contributed by atoms with Gasteiger partial charge in [0.25, 0.3) is 5.91 Å². The first-order chi connectivity index (χ1) is 14.6. The number of hydrogen-bond donors (Lipinski definition) is 3. The molecule has 1 saturated heterocycles. The van der Waals surface area contributed by atoms with E-state index in [1.807, 2.05) is 50.2 Å². The molecule has 0 radical (unpaired) electrons. The summed E-state index contributed by atoms with van der Waals surface area (Å²) in [6.45, 7) is 5.68. The second-order valence-corrected chi connectivity index (χ2v) is 8.01. The van der Waals surface area contributed by atoms with Crippen LogP contribution in [0.15, 0.2) is 60.7 Å². The second-order valence-electron chi connectivity index (χ2n) is 8.01. The van der Waals surface area contributed by atoms with Crippen LogP contribution in [0.3, 0.4) is 0 Å². The highest BCUT2D eigenvalue weighted by atomic mass is 16.5. The smallest absolute Gasteiger partial charge is 0.252 e. The number of amides is 1. The number of nitrogens with one attached hydrogen (secondary N) is 3. The standard InChI is InChI=1S/C25H25N3O2/c1-15-10-11-17(30-18-13-26-14-18)12-21(15)25(29)27-16(2)19-7-5-9-23-24(19)20-6-3-4-8-22(20)28-23/h3-12,16,18,26,28H,13-14H2,1-2H3,(H,27,29)/t16-/m1/s1. The highest BCUT2D eigenvalue weighted by Crippen LogP contribution is 2.31. The molecular formula is C25H25N3O2. The summed E-state index contributed by atoms with van der Waals surface area (Å²) >= 11 is 0. The molecule has 3 aromatic carbocycles. The summed E-state index contributed by atoms with van der Waals surface area (Å²) in [5, 5.41) is 8.71. The average molecular weight is 399 g/mol. The van der Waals surface area contributed by atoms with E-state index in [4.69, 9.17) is 4.74 Å². The van der Waals surface area contributed by atoms with Crippen LogP contribution < -0.4 is 15.4 Å². The van der Waals surface area contributed by atoms with Gasteiger partial charge in [0.15, 0.2) is 0 Å². The zero-order chi connectivity index (χ0) is 20.7. The Bertz CT molecular complexity index is 1240. The van der Waals surface area contributed by atoms with Crippen molar-refractivity contribution >= 4 is 27.7 Å². The van der Waals surface area contributed by atoms with Gasteiger partial charge in [0, 0.05) is 40.5 Å². The number of aromatic amines is 1. The first-order valence-electron chi connectivity index (χ1n) is 10.4. The Morgan fingerprint density at radius 1 is 1.07 bits per heavy atom. The molecule has 1 fully saturated rings. The first-order valence-corrected chi connectivity index (χ1v) is 10.4. The largest absolute Gasteiger partial charge is 0.488 e. The average Bonchev–Trinajstić information content (AvgIpc) is 3.10. The third kappa shape index (κ3) is 3.31. The van der Waals surface area contributed by atoms with Crippen LogP contribution in [0.4, 0.5) is 0 Å². The molecule has 0 bridgehead atoms. The summed E-state index contributed by atoms with van der Waals surface area (Å²) in [7, 11) is 0. The third-order valence-electron chi connectivity index (χ3n) is 5.88. The number of para-hydroxylation sites is 1.